The second-order valence-electron chi connectivity index (χ2n) is 15.1. The molecule has 14 heteroatoms. The summed E-state index contributed by atoms with van der Waals surface area (Å²) in [6.45, 7) is 10.6. The lowest BCUT2D eigenvalue weighted by atomic mass is 9.80. The summed E-state index contributed by atoms with van der Waals surface area (Å²) < 4.78 is 33.5. The van der Waals surface area contributed by atoms with Crippen LogP contribution in [0.5, 0.6) is 11.5 Å². The summed E-state index contributed by atoms with van der Waals surface area (Å²) in [5.41, 5.74) is 1.32. The van der Waals surface area contributed by atoms with Crippen LogP contribution < -0.4 is 15.0 Å². The van der Waals surface area contributed by atoms with Gasteiger partial charge in [-0.05, 0) is 59.1 Å². The number of imidazole rings is 1. The van der Waals surface area contributed by atoms with Crippen molar-refractivity contribution in [2.24, 2.45) is 4.99 Å². The summed E-state index contributed by atoms with van der Waals surface area (Å²) in [6.07, 6.45) is -0.703. The lowest BCUT2D eigenvalue weighted by Crippen LogP contribution is -2.49. The molecule has 13 nitrogen and oxygen atoms in total. The molecule has 5 aromatic rings. The Morgan fingerprint density at radius 3 is 2.06 bits per heavy atom. The van der Waals surface area contributed by atoms with Crippen molar-refractivity contribution in [3.8, 4) is 11.5 Å². The molecule has 3 aromatic carbocycles. The van der Waals surface area contributed by atoms with Gasteiger partial charge in [-0.2, -0.15) is 4.98 Å². The summed E-state index contributed by atoms with van der Waals surface area (Å²) in [5.74, 6) is 1.51. The van der Waals surface area contributed by atoms with Gasteiger partial charge in [-0.3, -0.25) is 14.3 Å². The molecule has 0 saturated carbocycles. The van der Waals surface area contributed by atoms with Crippen molar-refractivity contribution in [1.29, 1.82) is 0 Å². The van der Waals surface area contributed by atoms with Crippen LogP contribution in [-0.4, -0.2) is 97.4 Å². The molecule has 6 rings (SSSR count). The van der Waals surface area contributed by atoms with Crippen LogP contribution in [0, 0.1) is 0 Å². The highest BCUT2D eigenvalue weighted by atomic mass is 28.4. The summed E-state index contributed by atoms with van der Waals surface area (Å²) in [6, 6.07) is 25.4. The molecule has 0 bridgehead atoms. The van der Waals surface area contributed by atoms with E-state index in [0.29, 0.717) is 11.5 Å². The normalized spacial score (nSPS) is 19.4. The number of nitrogens with one attached hydrogen (secondary N) is 1. The van der Waals surface area contributed by atoms with Crippen LogP contribution in [-0.2, 0) is 19.5 Å². The Morgan fingerprint density at radius 2 is 1.52 bits per heavy atom. The van der Waals surface area contributed by atoms with Crippen LogP contribution in [0.3, 0.4) is 0 Å². The van der Waals surface area contributed by atoms with Gasteiger partial charge in [0.15, 0.2) is 25.7 Å². The molecular weight excluding hydrogens is 705 g/mol. The molecule has 286 valence electrons. The molecule has 0 unspecified atom stereocenters. The van der Waals surface area contributed by atoms with Crippen LogP contribution in [0.2, 0.25) is 18.1 Å². The lowest BCUT2D eigenvalue weighted by molar-refractivity contribution is -0.0940. The Morgan fingerprint density at radius 1 is 0.944 bits per heavy atom. The van der Waals surface area contributed by atoms with Gasteiger partial charge in [0.25, 0.3) is 5.56 Å². The van der Waals surface area contributed by atoms with Gasteiger partial charge < -0.3 is 33.4 Å². The Kier molecular flexibility index (Phi) is 11.1. The van der Waals surface area contributed by atoms with E-state index in [4.69, 9.17) is 23.4 Å². The number of methoxy groups -OCH3 is 2. The quantitative estimate of drug-likeness (QED) is 0.0634. The molecule has 0 aliphatic carbocycles. The standard InChI is InChI=1S/C40H50N6O7Si/c1-39(2,3)54(8,9)53-34-33(47)31(52-37(34)46-25-41-32-35(46)43-38(44-36(32)48)42-24-45(4)5)23-51-40(26-13-11-10-12-14-26,27-15-19-29(49-6)20-16-27)28-17-21-30(50-7)22-18-28/h10-22,24-25,31,33-34,37,47H,23H2,1-9H3,(H,43,44,48)/t31-,33-,34-,37-/m1/s1. The Labute approximate surface area is 316 Å². The molecule has 0 radical (unpaired) electrons. The third-order valence-electron chi connectivity index (χ3n) is 10.3. The highest BCUT2D eigenvalue weighted by Gasteiger charge is 2.52. The maximum atomic E-state index is 13.1. The SMILES string of the molecule is COc1ccc(C(OC[C@H]2O[C@@H](n3cnc4c(=O)[nH]c(N=CN(C)C)nc43)[C@H](O[Si](C)(C)C(C)(C)C)[C@@H]2O)(c2ccccc2)c2ccc(OC)cc2)cc1. The van der Waals surface area contributed by atoms with Crippen molar-refractivity contribution in [2.75, 3.05) is 34.9 Å². The number of rotatable bonds is 13. The Hall–Kier alpha value is -4.86. The van der Waals surface area contributed by atoms with Gasteiger partial charge >= 0.3 is 0 Å². The number of ether oxygens (including phenoxy) is 4. The van der Waals surface area contributed by atoms with Gasteiger partial charge in [-0.1, -0.05) is 75.4 Å². The van der Waals surface area contributed by atoms with Gasteiger partial charge in [-0.25, -0.2) is 9.98 Å². The number of hydrogen-bond donors (Lipinski definition) is 2. The molecule has 0 amide bonds. The molecule has 1 aliphatic heterocycles. The highest BCUT2D eigenvalue weighted by Crippen LogP contribution is 2.45. The summed E-state index contributed by atoms with van der Waals surface area (Å²) in [7, 11) is 4.39. The van der Waals surface area contributed by atoms with Gasteiger partial charge in [0.2, 0.25) is 5.95 Å². The number of aliphatic hydroxyl groups excluding tert-OH is 1. The van der Waals surface area contributed by atoms with Gasteiger partial charge in [0.05, 0.1) is 33.5 Å². The van der Waals surface area contributed by atoms with E-state index < -0.39 is 44.0 Å². The minimum atomic E-state index is -2.50. The van der Waals surface area contributed by atoms with E-state index in [2.05, 4.69) is 53.8 Å². The van der Waals surface area contributed by atoms with Crippen LogP contribution in [0.15, 0.2) is 95.0 Å². The summed E-state index contributed by atoms with van der Waals surface area (Å²) >= 11 is 0. The van der Waals surface area contributed by atoms with E-state index >= 15 is 0 Å². The number of nitrogens with zero attached hydrogens (tertiary/aromatic N) is 5. The number of benzene rings is 3. The fourth-order valence-electron chi connectivity index (χ4n) is 6.34. The van der Waals surface area contributed by atoms with Crippen LogP contribution >= 0.6 is 0 Å². The highest BCUT2D eigenvalue weighted by molar-refractivity contribution is 6.74. The average Bonchev–Trinajstić information content (AvgIpc) is 3.71. The topological polar surface area (TPSA) is 146 Å². The van der Waals surface area contributed by atoms with E-state index in [1.165, 1.54) is 6.33 Å². The molecule has 1 saturated heterocycles. The Bertz CT molecular complexity index is 2060. The zero-order chi connectivity index (χ0) is 38.8. The zero-order valence-electron chi connectivity index (χ0n) is 32.3. The number of aliphatic hydroxyl groups is 1. The fraction of sp³-hybridized carbons (Fsp3) is 0.400. The molecule has 4 atom stereocenters. The van der Waals surface area contributed by atoms with Gasteiger partial charge in [-0.15, -0.1) is 0 Å². The van der Waals surface area contributed by atoms with Gasteiger partial charge in [0, 0.05) is 14.1 Å². The lowest BCUT2D eigenvalue weighted by Gasteiger charge is -2.40. The second-order valence-corrected chi connectivity index (χ2v) is 19.9. The first-order valence-corrected chi connectivity index (χ1v) is 20.8. The van der Waals surface area contributed by atoms with Crippen molar-refractivity contribution in [3.63, 3.8) is 0 Å². The van der Waals surface area contributed by atoms with Crippen molar-refractivity contribution in [3.05, 3.63) is 112 Å². The predicted octanol–water partition coefficient (Wildman–Crippen LogP) is 6.02. The maximum Gasteiger partial charge on any atom is 0.280 e. The summed E-state index contributed by atoms with van der Waals surface area (Å²) in [4.78, 5) is 30.9. The number of hydrogen-bond acceptors (Lipinski definition) is 10. The van der Waals surface area contributed by atoms with Crippen molar-refractivity contribution < 1.29 is 28.5 Å². The molecule has 3 heterocycles. The minimum absolute atomic E-state index is 0.0407. The first-order valence-electron chi connectivity index (χ1n) is 17.9. The van der Waals surface area contributed by atoms with E-state index in [-0.39, 0.29) is 28.8 Å². The monoisotopic (exact) mass is 754 g/mol. The molecule has 1 aliphatic rings. The van der Waals surface area contributed by atoms with Gasteiger partial charge in [0.1, 0.15) is 35.4 Å². The zero-order valence-corrected chi connectivity index (χ0v) is 33.3. The van der Waals surface area contributed by atoms with Crippen LogP contribution in [0.25, 0.3) is 11.2 Å². The third kappa shape index (κ3) is 7.57. The second kappa shape index (κ2) is 15.5. The average molecular weight is 755 g/mol. The number of aromatic nitrogens is 4. The molecular formula is C40H50N6O7Si. The van der Waals surface area contributed by atoms with Crippen molar-refractivity contribution in [1.82, 2.24) is 24.4 Å². The smallest absolute Gasteiger partial charge is 0.280 e. The van der Waals surface area contributed by atoms with E-state index in [0.717, 1.165) is 16.7 Å². The molecule has 2 N–H and O–H groups in total. The van der Waals surface area contributed by atoms with E-state index in [1.54, 1.807) is 30.0 Å². The first kappa shape index (κ1) is 38.8. The molecule has 1 fully saturated rings. The molecule has 0 spiro atoms. The van der Waals surface area contributed by atoms with E-state index in [9.17, 15) is 9.90 Å². The number of aliphatic imine (C=N–C) groups is 1. The minimum Gasteiger partial charge on any atom is -0.497 e. The third-order valence-corrected chi connectivity index (χ3v) is 14.8. The molecule has 2 aromatic heterocycles. The predicted molar refractivity (Wildman–Crippen MR) is 210 cm³/mol. The van der Waals surface area contributed by atoms with Crippen molar-refractivity contribution in [2.45, 2.75) is 69.0 Å². The number of fused-ring (bicyclic) bond motifs is 1. The first-order chi connectivity index (χ1) is 25.7. The Balaban J connectivity index is 1.45. The fourth-order valence-corrected chi connectivity index (χ4v) is 7.63. The largest absolute Gasteiger partial charge is 0.497 e. The number of H-pyrrole nitrogens is 1. The van der Waals surface area contributed by atoms with Crippen molar-refractivity contribution >= 4 is 31.8 Å². The van der Waals surface area contributed by atoms with E-state index in [1.807, 2.05) is 93.0 Å². The van der Waals surface area contributed by atoms with Crippen LogP contribution in [0.1, 0.15) is 43.7 Å². The molecule has 54 heavy (non-hydrogen) atoms. The maximum absolute atomic E-state index is 13.1. The summed E-state index contributed by atoms with van der Waals surface area (Å²) in [5, 5.41) is 12.0. The van der Waals surface area contributed by atoms with Crippen LogP contribution in [0.4, 0.5) is 5.95 Å². The number of aromatic amines is 1.